The first kappa shape index (κ1) is 25.0. The second kappa shape index (κ2) is 9.53. The summed E-state index contributed by atoms with van der Waals surface area (Å²) in [6, 6.07) is 11.9. The molecule has 0 spiro atoms. The highest BCUT2D eigenvalue weighted by molar-refractivity contribution is 8.18. The quantitative estimate of drug-likeness (QED) is 0.513. The Morgan fingerprint density at radius 1 is 1.17 bits per heavy atom. The van der Waals surface area contributed by atoms with Crippen LogP contribution in [0, 0.1) is 13.8 Å². The minimum atomic E-state index is -0.433. The molecule has 1 unspecified atom stereocenters. The number of nitrogens with zero attached hydrogens (tertiary/aromatic N) is 2. The third kappa shape index (κ3) is 5.01. The van der Waals surface area contributed by atoms with Crippen molar-refractivity contribution in [2.45, 2.75) is 59.4 Å². The molecule has 0 aromatic heterocycles. The van der Waals surface area contributed by atoms with Gasteiger partial charge in [-0.25, -0.2) is 0 Å². The molecule has 0 bridgehead atoms. The highest BCUT2D eigenvalue weighted by Crippen LogP contribution is 2.44. The van der Waals surface area contributed by atoms with Gasteiger partial charge >= 0.3 is 0 Å². The van der Waals surface area contributed by atoms with Gasteiger partial charge < -0.3 is 10.2 Å². The number of rotatable bonds is 5. The Morgan fingerprint density at radius 2 is 1.91 bits per heavy atom. The van der Waals surface area contributed by atoms with E-state index in [1.54, 1.807) is 6.08 Å². The summed E-state index contributed by atoms with van der Waals surface area (Å²) < 4.78 is 0. The summed E-state index contributed by atoms with van der Waals surface area (Å²) in [5, 5.41) is 2.38. The molecule has 1 atom stereocenters. The Kier molecular flexibility index (Phi) is 6.82. The van der Waals surface area contributed by atoms with Gasteiger partial charge in [0.05, 0.1) is 4.91 Å². The van der Waals surface area contributed by atoms with Crippen LogP contribution in [0.5, 0.6) is 0 Å². The molecule has 6 nitrogen and oxygen atoms in total. The van der Waals surface area contributed by atoms with Crippen LogP contribution in [-0.4, -0.2) is 40.6 Å². The van der Waals surface area contributed by atoms with Crippen LogP contribution >= 0.6 is 11.8 Å². The molecule has 1 N–H and O–H groups in total. The molecule has 184 valence electrons. The van der Waals surface area contributed by atoms with E-state index >= 15 is 0 Å². The van der Waals surface area contributed by atoms with Crippen LogP contribution in [-0.2, 0) is 9.59 Å². The minimum Gasteiger partial charge on any atom is -0.366 e. The lowest BCUT2D eigenvalue weighted by molar-refractivity contribution is -0.127. The summed E-state index contributed by atoms with van der Waals surface area (Å²) in [5.74, 6) is -0.441. The van der Waals surface area contributed by atoms with Gasteiger partial charge in [-0.1, -0.05) is 30.7 Å². The molecule has 0 saturated carbocycles. The lowest BCUT2D eigenvalue weighted by atomic mass is 9.79. The predicted molar refractivity (Wildman–Crippen MR) is 144 cm³/mol. The third-order valence-electron chi connectivity index (χ3n) is 6.86. The normalized spacial score (nSPS) is 20.4. The summed E-state index contributed by atoms with van der Waals surface area (Å²) in [6.45, 7) is 13.5. The number of imide groups is 1. The molecular weight excluding hydrogens is 458 g/mol. The van der Waals surface area contributed by atoms with Gasteiger partial charge in [0, 0.05) is 23.5 Å². The summed E-state index contributed by atoms with van der Waals surface area (Å²) in [6.07, 6.45) is 2.80. The maximum Gasteiger partial charge on any atom is 0.294 e. The first-order chi connectivity index (χ1) is 16.5. The van der Waals surface area contributed by atoms with E-state index in [2.05, 4.69) is 50.0 Å². The lowest BCUT2D eigenvalue weighted by Gasteiger charge is -2.47. The van der Waals surface area contributed by atoms with Crippen molar-refractivity contribution in [3.8, 4) is 0 Å². The summed E-state index contributed by atoms with van der Waals surface area (Å²) in [4.78, 5) is 41.9. The van der Waals surface area contributed by atoms with Gasteiger partial charge in [0.2, 0.25) is 5.91 Å². The highest BCUT2D eigenvalue weighted by atomic mass is 32.2. The van der Waals surface area contributed by atoms with Crippen LogP contribution in [0.1, 0.15) is 62.3 Å². The Labute approximate surface area is 211 Å². The fourth-order valence-corrected chi connectivity index (χ4v) is 6.11. The number of nitrogens with one attached hydrogen (secondary N) is 1. The Morgan fingerprint density at radius 3 is 2.60 bits per heavy atom. The molecule has 7 heteroatoms. The molecule has 1 saturated heterocycles. The van der Waals surface area contributed by atoms with Crippen LogP contribution < -0.4 is 10.2 Å². The number of anilines is 2. The van der Waals surface area contributed by atoms with Crippen molar-refractivity contribution >= 4 is 46.3 Å². The second-order valence-electron chi connectivity index (χ2n) is 10.1. The SMILES string of the molecule is CCN1c2ccc(/C=C3/SC(=O)N(CC(=O)Nc4ccc(C)cc4C)C3=O)cc2C(C)CC1(C)C. The minimum absolute atomic E-state index is 0.0863. The number of thioether (sulfide) groups is 1. The zero-order valence-electron chi connectivity index (χ0n) is 21.3. The highest BCUT2D eigenvalue weighted by Gasteiger charge is 2.37. The zero-order valence-corrected chi connectivity index (χ0v) is 22.1. The van der Waals surface area contributed by atoms with Crippen LogP contribution in [0.15, 0.2) is 41.3 Å². The molecule has 3 amide bonds. The first-order valence-corrected chi connectivity index (χ1v) is 12.9. The van der Waals surface area contributed by atoms with Crippen molar-refractivity contribution in [3.05, 3.63) is 63.6 Å². The van der Waals surface area contributed by atoms with Crippen LogP contribution in [0.25, 0.3) is 6.08 Å². The van der Waals surface area contributed by atoms with Crippen molar-refractivity contribution in [2.24, 2.45) is 0 Å². The van der Waals surface area contributed by atoms with Crippen molar-refractivity contribution in [3.63, 3.8) is 0 Å². The van der Waals surface area contributed by atoms with Gasteiger partial charge in [0.25, 0.3) is 11.1 Å². The van der Waals surface area contributed by atoms with Crippen molar-refractivity contribution in [1.29, 1.82) is 0 Å². The van der Waals surface area contributed by atoms with Gasteiger partial charge in [0.15, 0.2) is 0 Å². The van der Waals surface area contributed by atoms with Crippen LogP contribution in [0.3, 0.4) is 0 Å². The van der Waals surface area contributed by atoms with Gasteiger partial charge in [-0.05, 0) is 99.7 Å². The Hall–Kier alpha value is -3.06. The molecular formula is C28H33N3O3S. The lowest BCUT2D eigenvalue weighted by Crippen LogP contribution is -2.48. The van der Waals surface area contributed by atoms with Crippen LogP contribution in [0.2, 0.25) is 0 Å². The summed E-state index contributed by atoms with van der Waals surface area (Å²) in [7, 11) is 0. The van der Waals surface area contributed by atoms with E-state index in [0.717, 1.165) is 46.3 Å². The summed E-state index contributed by atoms with van der Waals surface area (Å²) in [5.41, 5.74) is 6.16. The molecule has 35 heavy (non-hydrogen) atoms. The average molecular weight is 492 g/mol. The van der Waals surface area contributed by atoms with Gasteiger partial charge in [-0.15, -0.1) is 0 Å². The first-order valence-electron chi connectivity index (χ1n) is 12.0. The second-order valence-corrected chi connectivity index (χ2v) is 11.1. The monoisotopic (exact) mass is 491 g/mol. The molecule has 2 aromatic carbocycles. The zero-order chi connectivity index (χ0) is 25.5. The smallest absolute Gasteiger partial charge is 0.294 e. The third-order valence-corrected chi connectivity index (χ3v) is 7.76. The molecule has 2 aromatic rings. The van der Waals surface area contributed by atoms with Crippen molar-refractivity contribution < 1.29 is 14.4 Å². The molecule has 0 aliphatic carbocycles. The van der Waals surface area contributed by atoms with Crippen molar-refractivity contribution in [2.75, 3.05) is 23.3 Å². The Balaban J connectivity index is 1.51. The number of aryl methyl sites for hydroxylation is 2. The number of hydrogen-bond donors (Lipinski definition) is 1. The predicted octanol–water partition coefficient (Wildman–Crippen LogP) is 6.09. The maximum absolute atomic E-state index is 13.0. The van der Waals surface area contributed by atoms with E-state index in [4.69, 9.17) is 0 Å². The van der Waals surface area contributed by atoms with Crippen LogP contribution in [0.4, 0.5) is 16.2 Å². The van der Waals surface area contributed by atoms with E-state index in [1.807, 2.05) is 38.1 Å². The largest absolute Gasteiger partial charge is 0.366 e. The number of fused-ring (bicyclic) bond motifs is 1. The number of amides is 3. The van der Waals surface area contributed by atoms with Gasteiger partial charge in [-0.3, -0.25) is 19.3 Å². The number of carbonyl (C=O) groups is 3. The molecule has 1 fully saturated rings. The molecule has 2 heterocycles. The van der Waals surface area contributed by atoms with E-state index < -0.39 is 17.1 Å². The number of carbonyl (C=O) groups excluding carboxylic acids is 3. The molecule has 0 radical (unpaired) electrons. The van der Waals surface area contributed by atoms with E-state index in [-0.39, 0.29) is 12.1 Å². The summed E-state index contributed by atoms with van der Waals surface area (Å²) >= 11 is 0.881. The average Bonchev–Trinajstić information content (AvgIpc) is 3.03. The number of hydrogen-bond acceptors (Lipinski definition) is 5. The maximum atomic E-state index is 13.0. The standard InChI is InChI=1S/C28H33N3O3S/c1-7-31-23-11-9-20(13-21(23)19(4)15-28(31,5)6)14-24-26(33)30(27(34)35-24)16-25(32)29-22-10-8-17(2)12-18(22)3/h8-14,19H,7,15-16H2,1-6H3,(H,29,32)/b24-14+. The van der Waals surface area contributed by atoms with E-state index in [9.17, 15) is 14.4 Å². The van der Waals surface area contributed by atoms with Gasteiger partial charge in [0.1, 0.15) is 6.54 Å². The van der Waals surface area contributed by atoms with E-state index in [1.165, 1.54) is 11.3 Å². The fraction of sp³-hybridized carbons (Fsp3) is 0.393. The Bertz CT molecular complexity index is 1230. The molecule has 4 rings (SSSR count). The van der Waals surface area contributed by atoms with Crippen molar-refractivity contribution in [1.82, 2.24) is 4.90 Å². The fourth-order valence-electron chi connectivity index (χ4n) is 5.27. The number of benzene rings is 2. The van der Waals surface area contributed by atoms with E-state index in [0.29, 0.717) is 16.5 Å². The molecule has 2 aliphatic rings. The molecule has 2 aliphatic heterocycles. The topological polar surface area (TPSA) is 69.7 Å². The van der Waals surface area contributed by atoms with Gasteiger partial charge in [-0.2, -0.15) is 0 Å².